The van der Waals surface area contributed by atoms with Crippen molar-refractivity contribution in [3.63, 3.8) is 0 Å². The minimum atomic E-state index is 0.966. The number of aromatic nitrogens is 1. The molecule has 0 saturated carbocycles. The van der Waals surface area contributed by atoms with E-state index in [0.29, 0.717) is 0 Å². The van der Waals surface area contributed by atoms with Crippen LogP contribution in [0.5, 0.6) is 0 Å². The van der Waals surface area contributed by atoms with Crippen molar-refractivity contribution >= 4 is 27.8 Å². The first-order valence-corrected chi connectivity index (χ1v) is 6.29. The van der Waals surface area contributed by atoms with Gasteiger partial charge in [0.15, 0.2) is 5.13 Å². The predicted molar refractivity (Wildman–Crippen MR) is 63.4 cm³/mol. The van der Waals surface area contributed by atoms with Crippen LogP contribution in [0.15, 0.2) is 22.9 Å². The normalized spacial score (nSPS) is 10.4. The lowest BCUT2D eigenvalue weighted by atomic mass is 10.3. The van der Waals surface area contributed by atoms with Crippen molar-refractivity contribution in [2.45, 2.75) is 13.3 Å². The van der Waals surface area contributed by atoms with Gasteiger partial charge in [0.2, 0.25) is 0 Å². The molecule has 0 fully saturated rings. The Morgan fingerprint density at radius 2 is 2.36 bits per heavy atom. The van der Waals surface area contributed by atoms with Crippen LogP contribution in [0, 0.1) is 6.92 Å². The molecule has 2 rings (SSSR count). The number of nitrogens with one attached hydrogen (secondary N) is 1. The van der Waals surface area contributed by atoms with Crippen LogP contribution in [-0.2, 0) is 6.42 Å². The van der Waals surface area contributed by atoms with Crippen molar-refractivity contribution in [3.05, 3.63) is 33.5 Å². The van der Waals surface area contributed by atoms with Crippen LogP contribution >= 0.6 is 22.7 Å². The molecule has 0 amide bonds. The second kappa shape index (κ2) is 4.57. The van der Waals surface area contributed by atoms with Crippen molar-refractivity contribution in [2.24, 2.45) is 0 Å². The fourth-order valence-electron chi connectivity index (χ4n) is 1.18. The molecule has 0 aliphatic heterocycles. The fourth-order valence-corrected chi connectivity index (χ4v) is 2.61. The number of thiazole rings is 1. The summed E-state index contributed by atoms with van der Waals surface area (Å²) in [7, 11) is 0. The van der Waals surface area contributed by atoms with Crippen LogP contribution in [0.1, 0.15) is 10.6 Å². The highest BCUT2D eigenvalue weighted by Gasteiger charge is 1.97. The summed E-state index contributed by atoms with van der Waals surface area (Å²) >= 11 is 3.47. The summed E-state index contributed by atoms with van der Waals surface area (Å²) < 4.78 is 0. The highest BCUT2D eigenvalue weighted by molar-refractivity contribution is 7.13. The Labute approximate surface area is 91.6 Å². The lowest BCUT2D eigenvalue weighted by Gasteiger charge is -1.99. The number of anilines is 1. The van der Waals surface area contributed by atoms with E-state index in [1.165, 1.54) is 4.88 Å². The van der Waals surface area contributed by atoms with Crippen LogP contribution in [0.3, 0.4) is 0 Å². The molecule has 0 aliphatic rings. The number of nitrogens with zero attached hydrogens (tertiary/aromatic N) is 1. The Morgan fingerprint density at radius 1 is 1.43 bits per heavy atom. The van der Waals surface area contributed by atoms with E-state index in [2.05, 4.69) is 33.2 Å². The van der Waals surface area contributed by atoms with Crippen molar-refractivity contribution < 1.29 is 0 Å². The molecule has 74 valence electrons. The zero-order valence-electron chi connectivity index (χ0n) is 7.99. The van der Waals surface area contributed by atoms with Gasteiger partial charge in [0.05, 0.1) is 5.69 Å². The molecular formula is C10H12N2S2. The Morgan fingerprint density at radius 3 is 3.00 bits per heavy atom. The van der Waals surface area contributed by atoms with Gasteiger partial charge in [0.1, 0.15) is 0 Å². The fraction of sp³-hybridized carbons (Fsp3) is 0.300. The lowest BCUT2D eigenvalue weighted by molar-refractivity contribution is 1.03. The number of rotatable bonds is 4. The molecule has 0 unspecified atom stereocenters. The lowest BCUT2D eigenvalue weighted by Crippen LogP contribution is -2.03. The Hall–Kier alpha value is -0.870. The van der Waals surface area contributed by atoms with Crippen molar-refractivity contribution in [2.75, 3.05) is 11.9 Å². The first-order valence-electron chi connectivity index (χ1n) is 4.53. The molecule has 0 radical (unpaired) electrons. The van der Waals surface area contributed by atoms with Gasteiger partial charge >= 0.3 is 0 Å². The van der Waals surface area contributed by atoms with E-state index >= 15 is 0 Å². The van der Waals surface area contributed by atoms with Gasteiger partial charge < -0.3 is 5.32 Å². The molecule has 2 aromatic heterocycles. The van der Waals surface area contributed by atoms with Crippen LogP contribution in [-0.4, -0.2) is 11.5 Å². The molecule has 0 saturated heterocycles. The highest BCUT2D eigenvalue weighted by Crippen LogP contribution is 2.15. The standard InChI is InChI=1S/C10H12N2S2/c1-8-7-14-10(12-8)11-5-4-9-3-2-6-13-9/h2-3,6-7H,4-5H2,1H3,(H,11,12). The van der Waals surface area contributed by atoms with Gasteiger partial charge in [-0.3, -0.25) is 0 Å². The van der Waals surface area contributed by atoms with Crippen molar-refractivity contribution in [3.8, 4) is 0 Å². The van der Waals surface area contributed by atoms with Gasteiger partial charge in [0, 0.05) is 16.8 Å². The van der Waals surface area contributed by atoms with Crippen molar-refractivity contribution in [1.82, 2.24) is 4.98 Å². The van der Waals surface area contributed by atoms with Crippen LogP contribution in [0.25, 0.3) is 0 Å². The summed E-state index contributed by atoms with van der Waals surface area (Å²) in [5.41, 5.74) is 1.09. The third-order valence-corrected chi connectivity index (χ3v) is 3.70. The van der Waals surface area contributed by atoms with Gasteiger partial charge in [-0.15, -0.1) is 22.7 Å². The topological polar surface area (TPSA) is 24.9 Å². The SMILES string of the molecule is Cc1csc(NCCc2cccs2)n1. The minimum Gasteiger partial charge on any atom is -0.361 e. The molecule has 0 spiro atoms. The van der Waals surface area contributed by atoms with Gasteiger partial charge in [-0.1, -0.05) is 6.07 Å². The average molecular weight is 224 g/mol. The average Bonchev–Trinajstić information content (AvgIpc) is 2.77. The Balaban J connectivity index is 1.78. The number of hydrogen-bond acceptors (Lipinski definition) is 4. The second-order valence-corrected chi connectivity index (χ2v) is 4.94. The molecule has 0 aromatic carbocycles. The molecule has 14 heavy (non-hydrogen) atoms. The molecule has 0 bridgehead atoms. The summed E-state index contributed by atoms with van der Waals surface area (Å²) in [6.07, 6.45) is 1.08. The Bertz CT molecular complexity index is 378. The molecule has 2 aromatic rings. The van der Waals surface area contributed by atoms with E-state index in [1.54, 1.807) is 22.7 Å². The van der Waals surface area contributed by atoms with E-state index in [9.17, 15) is 0 Å². The van der Waals surface area contributed by atoms with Crippen LogP contribution in [0.2, 0.25) is 0 Å². The maximum absolute atomic E-state index is 4.34. The molecule has 2 heterocycles. The molecule has 4 heteroatoms. The second-order valence-electron chi connectivity index (χ2n) is 3.05. The van der Waals surface area contributed by atoms with E-state index in [-0.39, 0.29) is 0 Å². The van der Waals surface area contributed by atoms with Gasteiger partial charge in [-0.25, -0.2) is 4.98 Å². The first kappa shape index (κ1) is 9.68. The predicted octanol–water partition coefficient (Wildman–Crippen LogP) is 3.17. The summed E-state index contributed by atoms with van der Waals surface area (Å²) in [5.74, 6) is 0. The largest absolute Gasteiger partial charge is 0.361 e. The molecule has 0 atom stereocenters. The Kier molecular flexibility index (Phi) is 3.16. The molecule has 0 aliphatic carbocycles. The van der Waals surface area contributed by atoms with Gasteiger partial charge in [0.25, 0.3) is 0 Å². The molecular weight excluding hydrogens is 212 g/mol. The number of aryl methyl sites for hydroxylation is 1. The third-order valence-electron chi connectivity index (χ3n) is 1.85. The maximum atomic E-state index is 4.34. The number of hydrogen-bond donors (Lipinski definition) is 1. The van der Waals surface area contributed by atoms with Crippen molar-refractivity contribution in [1.29, 1.82) is 0 Å². The minimum absolute atomic E-state index is 0.966. The maximum Gasteiger partial charge on any atom is 0.182 e. The van der Waals surface area contributed by atoms with E-state index in [1.807, 2.05) is 6.92 Å². The summed E-state index contributed by atoms with van der Waals surface area (Å²) in [6, 6.07) is 4.26. The van der Waals surface area contributed by atoms with Crippen LogP contribution < -0.4 is 5.32 Å². The molecule has 2 nitrogen and oxygen atoms in total. The highest BCUT2D eigenvalue weighted by atomic mass is 32.1. The number of thiophene rings is 1. The summed E-state index contributed by atoms with van der Waals surface area (Å²) in [5, 5.41) is 8.52. The van der Waals surface area contributed by atoms with Gasteiger partial charge in [-0.05, 0) is 24.8 Å². The zero-order chi connectivity index (χ0) is 9.80. The summed E-state index contributed by atoms with van der Waals surface area (Å²) in [4.78, 5) is 5.76. The van der Waals surface area contributed by atoms with E-state index in [0.717, 1.165) is 23.8 Å². The molecule has 1 N–H and O–H groups in total. The third kappa shape index (κ3) is 2.56. The van der Waals surface area contributed by atoms with E-state index in [4.69, 9.17) is 0 Å². The quantitative estimate of drug-likeness (QED) is 0.863. The summed E-state index contributed by atoms with van der Waals surface area (Å²) in [6.45, 7) is 2.98. The smallest absolute Gasteiger partial charge is 0.182 e. The van der Waals surface area contributed by atoms with Crippen LogP contribution in [0.4, 0.5) is 5.13 Å². The first-order chi connectivity index (χ1) is 6.84. The monoisotopic (exact) mass is 224 g/mol. The van der Waals surface area contributed by atoms with E-state index < -0.39 is 0 Å². The van der Waals surface area contributed by atoms with Gasteiger partial charge in [-0.2, -0.15) is 0 Å². The zero-order valence-corrected chi connectivity index (χ0v) is 9.62.